The van der Waals surface area contributed by atoms with Crippen molar-refractivity contribution in [3.05, 3.63) is 53.0 Å². The number of fused-ring (bicyclic) bond motifs is 7. The van der Waals surface area contributed by atoms with Crippen LogP contribution in [0.2, 0.25) is 5.15 Å². The summed E-state index contributed by atoms with van der Waals surface area (Å²) in [5.74, 6) is 0. The maximum Gasteiger partial charge on any atom is 0.147 e. The van der Waals surface area contributed by atoms with Crippen molar-refractivity contribution in [3.63, 3.8) is 0 Å². The Kier molecular flexibility index (Phi) is 2.37. The average molecular weight is 326 g/mol. The summed E-state index contributed by atoms with van der Waals surface area (Å²) >= 11 is 9.98. The number of aromatic nitrogens is 1. The zero-order valence-corrected chi connectivity index (χ0v) is 13.1. The summed E-state index contributed by atoms with van der Waals surface area (Å²) in [6.45, 7) is 0. The van der Waals surface area contributed by atoms with E-state index >= 15 is 0 Å². The van der Waals surface area contributed by atoms with Gasteiger partial charge >= 0.3 is 0 Å². The predicted octanol–water partition coefficient (Wildman–Crippen LogP) is 6.47. The number of benzene rings is 2. The summed E-state index contributed by atoms with van der Waals surface area (Å²) in [4.78, 5) is 4.69. The Morgan fingerprint density at radius 2 is 1.81 bits per heavy atom. The largest absolute Gasteiger partial charge is 0.234 e. The van der Waals surface area contributed by atoms with Crippen LogP contribution >= 0.6 is 34.3 Å². The number of halogens is 1. The molecular formula is C17H8ClNS2. The molecule has 100 valence electrons. The molecule has 3 heterocycles. The van der Waals surface area contributed by atoms with Gasteiger partial charge in [0.1, 0.15) is 5.15 Å². The van der Waals surface area contributed by atoms with Gasteiger partial charge < -0.3 is 0 Å². The lowest BCUT2D eigenvalue weighted by Gasteiger charge is -2.05. The number of hydrogen-bond acceptors (Lipinski definition) is 3. The summed E-state index contributed by atoms with van der Waals surface area (Å²) in [5, 5.41) is 7.57. The van der Waals surface area contributed by atoms with E-state index in [-0.39, 0.29) is 0 Å². The highest BCUT2D eigenvalue weighted by Gasteiger charge is 2.15. The second-order valence-electron chi connectivity index (χ2n) is 5.01. The van der Waals surface area contributed by atoms with Gasteiger partial charge in [-0.25, -0.2) is 4.98 Å². The molecule has 0 radical (unpaired) electrons. The number of pyridine rings is 1. The van der Waals surface area contributed by atoms with Gasteiger partial charge in [-0.2, -0.15) is 0 Å². The van der Waals surface area contributed by atoms with Gasteiger partial charge in [-0.05, 0) is 16.8 Å². The summed E-state index contributed by atoms with van der Waals surface area (Å²) in [6, 6.07) is 14.8. The van der Waals surface area contributed by atoms with Crippen LogP contribution in [-0.2, 0) is 0 Å². The first-order chi connectivity index (χ1) is 10.3. The Morgan fingerprint density at radius 1 is 0.905 bits per heavy atom. The molecule has 3 aromatic heterocycles. The second-order valence-corrected chi connectivity index (χ2v) is 7.33. The van der Waals surface area contributed by atoms with E-state index in [0.29, 0.717) is 5.15 Å². The van der Waals surface area contributed by atoms with Crippen LogP contribution in [0.25, 0.3) is 41.2 Å². The maximum atomic E-state index is 6.47. The second kappa shape index (κ2) is 4.17. The Labute approximate surface area is 133 Å². The van der Waals surface area contributed by atoms with Crippen molar-refractivity contribution in [1.82, 2.24) is 4.98 Å². The van der Waals surface area contributed by atoms with Crippen molar-refractivity contribution in [1.29, 1.82) is 0 Å². The third-order valence-electron chi connectivity index (χ3n) is 3.86. The third kappa shape index (κ3) is 1.54. The van der Waals surface area contributed by atoms with Gasteiger partial charge in [-0.1, -0.05) is 48.0 Å². The molecule has 0 aliphatic carbocycles. The first kappa shape index (κ1) is 11.9. The Hall–Kier alpha value is -1.68. The van der Waals surface area contributed by atoms with E-state index in [1.54, 1.807) is 22.7 Å². The topological polar surface area (TPSA) is 12.9 Å². The van der Waals surface area contributed by atoms with Crippen LogP contribution in [0.1, 0.15) is 0 Å². The molecule has 21 heavy (non-hydrogen) atoms. The molecule has 0 saturated carbocycles. The zero-order valence-electron chi connectivity index (χ0n) is 10.8. The van der Waals surface area contributed by atoms with E-state index in [1.807, 2.05) is 0 Å². The Morgan fingerprint density at radius 3 is 2.76 bits per heavy atom. The SMILES string of the molecule is Clc1nc2c3ccccc3ccc2c2c1sc1ccsc12. The van der Waals surface area contributed by atoms with E-state index in [0.717, 1.165) is 15.6 Å². The van der Waals surface area contributed by atoms with Crippen LogP contribution in [0, 0.1) is 0 Å². The predicted molar refractivity (Wildman–Crippen MR) is 95.0 cm³/mol. The van der Waals surface area contributed by atoms with Crippen molar-refractivity contribution >= 4 is 75.4 Å². The highest BCUT2D eigenvalue weighted by Crippen LogP contribution is 2.44. The smallest absolute Gasteiger partial charge is 0.147 e. The Bertz CT molecular complexity index is 1150. The van der Waals surface area contributed by atoms with Gasteiger partial charge in [-0.15, -0.1) is 22.7 Å². The molecule has 5 aromatic rings. The van der Waals surface area contributed by atoms with Crippen molar-refractivity contribution in [3.8, 4) is 0 Å². The molecule has 0 amide bonds. The highest BCUT2D eigenvalue weighted by atomic mass is 35.5. The number of thiophene rings is 2. The van der Waals surface area contributed by atoms with Gasteiger partial charge in [0.05, 0.1) is 14.9 Å². The van der Waals surface area contributed by atoms with Gasteiger partial charge in [0, 0.05) is 20.9 Å². The minimum atomic E-state index is 0.613. The van der Waals surface area contributed by atoms with E-state index in [1.165, 1.54) is 25.6 Å². The molecule has 0 N–H and O–H groups in total. The normalized spacial score (nSPS) is 12.0. The molecule has 0 bridgehead atoms. The van der Waals surface area contributed by atoms with Crippen LogP contribution < -0.4 is 0 Å². The fourth-order valence-electron chi connectivity index (χ4n) is 2.94. The van der Waals surface area contributed by atoms with Crippen LogP contribution in [0.15, 0.2) is 47.8 Å². The highest BCUT2D eigenvalue weighted by molar-refractivity contribution is 7.32. The molecule has 0 aliphatic heterocycles. The van der Waals surface area contributed by atoms with E-state index in [4.69, 9.17) is 11.6 Å². The molecule has 0 unspecified atom stereocenters. The summed E-state index contributed by atoms with van der Waals surface area (Å²) in [6.07, 6.45) is 0. The zero-order chi connectivity index (χ0) is 14.0. The lowest BCUT2D eigenvalue weighted by Crippen LogP contribution is -1.84. The van der Waals surface area contributed by atoms with Crippen molar-refractivity contribution in [2.75, 3.05) is 0 Å². The first-order valence-electron chi connectivity index (χ1n) is 6.59. The van der Waals surface area contributed by atoms with Crippen molar-refractivity contribution < 1.29 is 0 Å². The lowest BCUT2D eigenvalue weighted by atomic mass is 10.0. The molecular weight excluding hydrogens is 318 g/mol. The third-order valence-corrected chi connectivity index (χ3v) is 6.47. The molecule has 1 nitrogen and oxygen atoms in total. The molecule has 0 spiro atoms. The van der Waals surface area contributed by atoms with Crippen LogP contribution in [0.4, 0.5) is 0 Å². The number of nitrogens with zero attached hydrogens (tertiary/aromatic N) is 1. The number of rotatable bonds is 0. The molecule has 0 atom stereocenters. The van der Waals surface area contributed by atoms with Crippen LogP contribution in [0.3, 0.4) is 0 Å². The minimum Gasteiger partial charge on any atom is -0.234 e. The van der Waals surface area contributed by atoms with E-state index in [9.17, 15) is 0 Å². The van der Waals surface area contributed by atoms with Crippen molar-refractivity contribution in [2.45, 2.75) is 0 Å². The van der Waals surface area contributed by atoms with E-state index in [2.05, 4.69) is 52.8 Å². The molecule has 0 fully saturated rings. The van der Waals surface area contributed by atoms with Crippen LogP contribution in [-0.4, -0.2) is 4.98 Å². The summed E-state index contributed by atoms with van der Waals surface area (Å²) in [5.41, 5.74) is 0.999. The lowest BCUT2D eigenvalue weighted by molar-refractivity contribution is 1.47. The van der Waals surface area contributed by atoms with Gasteiger partial charge in [0.2, 0.25) is 0 Å². The standard InChI is InChI=1S/C17H8ClNS2/c18-17-16-13(15-12(21-16)7-8-20-15)11-6-5-9-3-1-2-4-10(9)14(11)19-17/h1-8H. The van der Waals surface area contributed by atoms with Gasteiger partial charge in [0.15, 0.2) is 0 Å². The molecule has 2 aromatic carbocycles. The number of hydrogen-bond donors (Lipinski definition) is 0. The van der Waals surface area contributed by atoms with Gasteiger partial charge in [0.25, 0.3) is 0 Å². The molecule has 4 heteroatoms. The fraction of sp³-hybridized carbons (Fsp3) is 0. The minimum absolute atomic E-state index is 0.613. The summed E-state index contributed by atoms with van der Waals surface area (Å²) < 4.78 is 3.71. The first-order valence-corrected chi connectivity index (χ1v) is 8.67. The fourth-order valence-corrected chi connectivity index (χ4v) is 5.50. The van der Waals surface area contributed by atoms with E-state index < -0.39 is 0 Å². The molecule has 5 rings (SSSR count). The molecule has 0 saturated heterocycles. The Balaban J connectivity index is 2.16. The molecule has 0 aliphatic rings. The van der Waals surface area contributed by atoms with Gasteiger partial charge in [-0.3, -0.25) is 0 Å². The monoisotopic (exact) mass is 325 g/mol. The average Bonchev–Trinajstić information content (AvgIpc) is 3.08. The maximum absolute atomic E-state index is 6.47. The van der Waals surface area contributed by atoms with Crippen molar-refractivity contribution in [2.24, 2.45) is 0 Å². The quantitative estimate of drug-likeness (QED) is 0.235. The summed E-state index contributed by atoms with van der Waals surface area (Å²) in [7, 11) is 0. The van der Waals surface area contributed by atoms with Crippen LogP contribution in [0.5, 0.6) is 0 Å².